The molecule has 86 valence electrons. The van der Waals surface area contributed by atoms with Gasteiger partial charge in [-0.05, 0) is 6.42 Å². The molecule has 0 rings (SSSR count). The van der Waals surface area contributed by atoms with E-state index in [0.717, 1.165) is 6.42 Å². The minimum Gasteiger partial charge on any atom is -0.328 e. The van der Waals surface area contributed by atoms with E-state index in [2.05, 4.69) is 6.92 Å². The maximum absolute atomic E-state index is 11.8. The maximum atomic E-state index is 11.8. The molecule has 0 aromatic carbocycles. The molecule has 0 atom stereocenters. The summed E-state index contributed by atoms with van der Waals surface area (Å²) in [6.07, 6.45) is 7.48. The number of rotatable bonds is 9. The first-order valence-corrected chi connectivity index (χ1v) is 7.90. The van der Waals surface area contributed by atoms with Crippen molar-refractivity contribution in [1.29, 1.82) is 0 Å². The third-order valence-electron chi connectivity index (χ3n) is 2.54. The molecule has 0 aliphatic carbocycles. The van der Waals surface area contributed by atoms with Gasteiger partial charge in [-0.25, -0.2) is 0 Å². The van der Waals surface area contributed by atoms with E-state index in [1.54, 1.807) is 0 Å². The third-order valence-corrected chi connectivity index (χ3v) is 5.12. The van der Waals surface area contributed by atoms with E-state index in [0.29, 0.717) is 18.9 Å². The molecule has 0 fully saturated rings. The summed E-state index contributed by atoms with van der Waals surface area (Å²) in [5.74, 6) is 0. The van der Waals surface area contributed by atoms with E-state index < -0.39 is 7.37 Å². The largest absolute Gasteiger partial charge is 0.328 e. The van der Waals surface area contributed by atoms with Gasteiger partial charge in [0.15, 0.2) is 0 Å². The van der Waals surface area contributed by atoms with Crippen LogP contribution in [0, 0.1) is 0 Å². The zero-order valence-corrected chi connectivity index (χ0v) is 10.8. The van der Waals surface area contributed by atoms with E-state index in [1.807, 2.05) is 13.8 Å². The van der Waals surface area contributed by atoms with Gasteiger partial charge in [-0.1, -0.05) is 46.5 Å². The lowest BCUT2D eigenvalue weighted by Crippen LogP contribution is -1.97. The van der Waals surface area contributed by atoms with Gasteiger partial charge in [-0.15, -0.1) is 0 Å². The summed E-state index contributed by atoms with van der Waals surface area (Å²) in [6, 6.07) is 0. The van der Waals surface area contributed by atoms with E-state index in [4.69, 9.17) is 4.52 Å². The third kappa shape index (κ3) is 6.62. The van der Waals surface area contributed by atoms with Crippen molar-refractivity contribution in [2.45, 2.75) is 52.9 Å². The lowest BCUT2D eigenvalue weighted by molar-refractivity contribution is 0.303. The highest BCUT2D eigenvalue weighted by Crippen LogP contribution is 2.45. The molecule has 0 aliphatic rings. The molecule has 0 heterocycles. The molecule has 2 nitrogen and oxygen atoms in total. The fourth-order valence-electron chi connectivity index (χ4n) is 1.34. The lowest BCUT2D eigenvalue weighted by Gasteiger charge is -2.14. The molecular formula is C11H25O2P. The van der Waals surface area contributed by atoms with Crippen molar-refractivity contribution < 1.29 is 9.09 Å². The van der Waals surface area contributed by atoms with Gasteiger partial charge in [-0.3, -0.25) is 4.57 Å². The van der Waals surface area contributed by atoms with Crippen molar-refractivity contribution in [2.75, 3.05) is 18.9 Å². The second-order valence-corrected chi connectivity index (χ2v) is 6.85. The molecule has 0 aliphatic heterocycles. The van der Waals surface area contributed by atoms with E-state index in [1.165, 1.54) is 25.7 Å². The Morgan fingerprint density at radius 2 is 1.50 bits per heavy atom. The molecule has 0 N–H and O–H groups in total. The molecule has 0 unspecified atom stereocenters. The first-order chi connectivity index (χ1) is 6.68. The highest BCUT2D eigenvalue weighted by atomic mass is 31.2. The van der Waals surface area contributed by atoms with Crippen LogP contribution in [0.1, 0.15) is 52.9 Å². The van der Waals surface area contributed by atoms with Crippen LogP contribution in [0.3, 0.4) is 0 Å². The molecule has 14 heavy (non-hydrogen) atoms. The Hall–Kier alpha value is 0.190. The topological polar surface area (TPSA) is 26.3 Å². The highest BCUT2D eigenvalue weighted by molar-refractivity contribution is 7.58. The normalized spacial score (nSPS) is 11.9. The summed E-state index contributed by atoms with van der Waals surface area (Å²) in [5, 5.41) is 0. The predicted octanol–water partition coefficient (Wildman–Crippen LogP) is 4.29. The Balaban J connectivity index is 3.39. The van der Waals surface area contributed by atoms with Crippen molar-refractivity contribution in [1.82, 2.24) is 0 Å². The molecule has 0 saturated carbocycles. The van der Waals surface area contributed by atoms with Crippen LogP contribution in [0.4, 0.5) is 0 Å². The molecule has 0 aromatic rings. The average Bonchev–Trinajstić information content (AvgIpc) is 2.23. The summed E-state index contributed by atoms with van der Waals surface area (Å²) in [5.41, 5.74) is 0. The fourth-order valence-corrected chi connectivity index (χ4v) is 2.62. The molecule has 0 saturated heterocycles. The first kappa shape index (κ1) is 14.2. The van der Waals surface area contributed by atoms with E-state index in [-0.39, 0.29) is 0 Å². The summed E-state index contributed by atoms with van der Waals surface area (Å²) in [6.45, 7) is 6.78. The molecule has 0 bridgehead atoms. The van der Waals surface area contributed by atoms with Gasteiger partial charge in [-0.2, -0.15) is 0 Å². The zero-order valence-electron chi connectivity index (χ0n) is 9.92. The summed E-state index contributed by atoms with van der Waals surface area (Å²) in [4.78, 5) is 0. The number of hydrogen-bond acceptors (Lipinski definition) is 2. The average molecular weight is 220 g/mol. The van der Waals surface area contributed by atoms with Crippen LogP contribution >= 0.6 is 7.37 Å². The summed E-state index contributed by atoms with van der Waals surface area (Å²) in [7, 11) is -2.24. The smallest absolute Gasteiger partial charge is 0.202 e. The van der Waals surface area contributed by atoms with Crippen LogP contribution in [0.15, 0.2) is 0 Å². The van der Waals surface area contributed by atoms with Gasteiger partial charge < -0.3 is 4.52 Å². The Bertz CT molecular complexity index is 161. The first-order valence-electron chi connectivity index (χ1n) is 5.91. The predicted molar refractivity (Wildman–Crippen MR) is 63.4 cm³/mol. The minimum atomic E-state index is -2.24. The molecular weight excluding hydrogens is 195 g/mol. The summed E-state index contributed by atoms with van der Waals surface area (Å²) < 4.78 is 17.3. The quantitative estimate of drug-likeness (QED) is 0.428. The SMILES string of the molecule is CCCCCCCOP(=O)(CC)CC. The lowest BCUT2D eigenvalue weighted by atomic mass is 10.2. The Labute approximate surface area is 88.9 Å². The van der Waals surface area contributed by atoms with Crippen LogP contribution in [0.25, 0.3) is 0 Å². The van der Waals surface area contributed by atoms with Crippen LogP contribution < -0.4 is 0 Å². The Morgan fingerprint density at radius 1 is 0.929 bits per heavy atom. The van der Waals surface area contributed by atoms with Gasteiger partial charge in [0.2, 0.25) is 7.37 Å². The van der Waals surface area contributed by atoms with Crippen LogP contribution in [0.2, 0.25) is 0 Å². The zero-order chi connectivity index (χ0) is 10.9. The van der Waals surface area contributed by atoms with Gasteiger partial charge in [0, 0.05) is 12.3 Å². The van der Waals surface area contributed by atoms with Crippen molar-refractivity contribution in [3.8, 4) is 0 Å². The minimum absolute atomic E-state index is 0.679. The second kappa shape index (κ2) is 8.49. The van der Waals surface area contributed by atoms with Crippen molar-refractivity contribution in [2.24, 2.45) is 0 Å². The van der Waals surface area contributed by atoms with E-state index in [9.17, 15) is 4.57 Å². The Morgan fingerprint density at radius 3 is 2.00 bits per heavy atom. The van der Waals surface area contributed by atoms with Crippen molar-refractivity contribution in [3.05, 3.63) is 0 Å². The van der Waals surface area contributed by atoms with Crippen molar-refractivity contribution in [3.63, 3.8) is 0 Å². The van der Waals surface area contributed by atoms with Crippen LogP contribution in [-0.4, -0.2) is 18.9 Å². The molecule has 3 heteroatoms. The molecule has 0 spiro atoms. The van der Waals surface area contributed by atoms with Gasteiger partial charge in [0.05, 0.1) is 6.61 Å². The highest BCUT2D eigenvalue weighted by Gasteiger charge is 2.16. The van der Waals surface area contributed by atoms with Crippen LogP contribution in [0.5, 0.6) is 0 Å². The fraction of sp³-hybridized carbons (Fsp3) is 1.00. The van der Waals surface area contributed by atoms with Gasteiger partial charge in [0.25, 0.3) is 0 Å². The maximum Gasteiger partial charge on any atom is 0.202 e. The second-order valence-electron chi connectivity index (χ2n) is 3.69. The Kier molecular flexibility index (Phi) is 8.61. The number of hydrogen-bond donors (Lipinski definition) is 0. The van der Waals surface area contributed by atoms with Gasteiger partial charge >= 0.3 is 0 Å². The number of unbranched alkanes of at least 4 members (excludes halogenated alkanes) is 4. The van der Waals surface area contributed by atoms with Gasteiger partial charge in [0.1, 0.15) is 0 Å². The monoisotopic (exact) mass is 220 g/mol. The molecule has 0 amide bonds. The molecule has 0 aromatic heterocycles. The molecule has 0 radical (unpaired) electrons. The van der Waals surface area contributed by atoms with Crippen LogP contribution in [-0.2, 0) is 9.09 Å². The summed E-state index contributed by atoms with van der Waals surface area (Å²) >= 11 is 0. The van der Waals surface area contributed by atoms with Crippen molar-refractivity contribution >= 4 is 7.37 Å². The van der Waals surface area contributed by atoms with E-state index >= 15 is 0 Å². The standard InChI is InChI=1S/C11H25O2P/c1-4-7-8-9-10-11-13-14(12,5-2)6-3/h4-11H2,1-3H3.